The second kappa shape index (κ2) is 8.52. The summed E-state index contributed by atoms with van der Waals surface area (Å²) >= 11 is 6.12. The molecule has 2 aromatic rings. The third-order valence-corrected chi connectivity index (χ3v) is 4.81. The van der Waals surface area contributed by atoms with Crippen LogP contribution < -0.4 is 4.74 Å². The maximum absolute atomic E-state index is 6.31. The monoisotopic (exact) mass is 345 g/mol. The molecule has 0 N–H and O–H groups in total. The van der Waals surface area contributed by atoms with Gasteiger partial charge in [0.2, 0.25) is 0 Å². The van der Waals surface area contributed by atoms with E-state index in [0.29, 0.717) is 0 Å². The molecule has 3 rings (SSSR count). The Hall–Kier alpha value is -1.55. The number of hydrogen-bond acceptors (Lipinski definition) is 3. The average molecular weight is 346 g/mol. The quantitative estimate of drug-likeness (QED) is 0.770. The van der Waals surface area contributed by atoms with Gasteiger partial charge in [-0.05, 0) is 36.2 Å². The van der Waals surface area contributed by atoms with Crippen LogP contribution in [-0.4, -0.2) is 37.7 Å². The molecule has 2 aromatic carbocycles. The highest BCUT2D eigenvalue weighted by molar-refractivity contribution is 6.31. The van der Waals surface area contributed by atoms with Crippen LogP contribution in [0.2, 0.25) is 5.02 Å². The first kappa shape index (κ1) is 17.3. The highest BCUT2D eigenvalue weighted by atomic mass is 35.5. The Balaban J connectivity index is 1.70. The van der Waals surface area contributed by atoms with Crippen molar-refractivity contribution >= 4 is 11.6 Å². The molecule has 1 aliphatic heterocycles. The molecule has 0 saturated carbocycles. The van der Waals surface area contributed by atoms with Crippen LogP contribution in [0, 0.1) is 6.92 Å². The third kappa shape index (κ3) is 4.73. The molecule has 0 amide bonds. The molecule has 0 aliphatic carbocycles. The summed E-state index contributed by atoms with van der Waals surface area (Å²) in [5.41, 5.74) is 2.24. The minimum Gasteiger partial charge on any atom is -0.486 e. The second-order valence-electron chi connectivity index (χ2n) is 6.17. The van der Waals surface area contributed by atoms with Crippen LogP contribution in [0.3, 0.4) is 0 Å². The molecule has 1 saturated heterocycles. The van der Waals surface area contributed by atoms with Crippen molar-refractivity contribution in [3.63, 3.8) is 0 Å². The zero-order valence-electron chi connectivity index (χ0n) is 14.1. The lowest BCUT2D eigenvalue weighted by molar-refractivity contribution is 0.0317. The van der Waals surface area contributed by atoms with Crippen molar-refractivity contribution in [3.05, 3.63) is 64.7 Å². The van der Waals surface area contributed by atoms with Crippen LogP contribution in [-0.2, 0) is 4.74 Å². The number of morpholine rings is 1. The van der Waals surface area contributed by atoms with E-state index in [1.807, 2.05) is 31.2 Å². The van der Waals surface area contributed by atoms with E-state index in [2.05, 4.69) is 29.2 Å². The number of aryl methyl sites for hydroxylation is 1. The first-order valence-corrected chi connectivity index (χ1v) is 8.88. The van der Waals surface area contributed by atoms with E-state index in [-0.39, 0.29) is 6.10 Å². The van der Waals surface area contributed by atoms with Crippen molar-refractivity contribution in [2.45, 2.75) is 19.4 Å². The molecule has 24 heavy (non-hydrogen) atoms. The van der Waals surface area contributed by atoms with Gasteiger partial charge in [-0.2, -0.15) is 0 Å². The zero-order valence-corrected chi connectivity index (χ0v) is 14.8. The molecule has 1 fully saturated rings. The first-order valence-electron chi connectivity index (χ1n) is 8.50. The lowest BCUT2D eigenvalue weighted by Gasteiger charge is -2.28. The van der Waals surface area contributed by atoms with Gasteiger partial charge in [-0.3, -0.25) is 4.90 Å². The zero-order chi connectivity index (χ0) is 16.8. The van der Waals surface area contributed by atoms with Crippen LogP contribution in [0.1, 0.15) is 23.7 Å². The molecular formula is C20H24ClNO2. The van der Waals surface area contributed by atoms with Crippen LogP contribution in [0.4, 0.5) is 0 Å². The lowest BCUT2D eigenvalue weighted by Crippen LogP contribution is -2.37. The molecular weight excluding hydrogens is 322 g/mol. The van der Waals surface area contributed by atoms with Gasteiger partial charge >= 0.3 is 0 Å². The summed E-state index contributed by atoms with van der Waals surface area (Å²) in [6, 6.07) is 16.3. The van der Waals surface area contributed by atoms with Gasteiger partial charge in [0.05, 0.1) is 13.2 Å². The molecule has 128 valence electrons. The van der Waals surface area contributed by atoms with E-state index >= 15 is 0 Å². The Bertz CT molecular complexity index is 641. The molecule has 0 spiro atoms. The summed E-state index contributed by atoms with van der Waals surface area (Å²) in [5.74, 6) is 0.868. The summed E-state index contributed by atoms with van der Waals surface area (Å²) in [6.07, 6.45) is 0.987. The number of benzene rings is 2. The number of nitrogens with zero attached hydrogens (tertiary/aromatic N) is 1. The van der Waals surface area contributed by atoms with Crippen LogP contribution >= 0.6 is 11.6 Å². The SMILES string of the molecule is Cc1cc(OC(CCN2CCOCC2)c2ccccc2)ccc1Cl. The third-order valence-electron chi connectivity index (χ3n) is 4.39. The molecule has 0 aromatic heterocycles. The van der Waals surface area contributed by atoms with Crippen LogP contribution in [0.15, 0.2) is 48.5 Å². The number of hydrogen-bond donors (Lipinski definition) is 0. The number of halogens is 1. The van der Waals surface area contributed by atoms with E-state index in [1.54, 1.807) is 0 Å². The van der Waals surface area contributed by atoms with Gasteiger partial charge < -0.3 is 9.47 Å². The van der Waals surface area contributed by atoms with Gasteiger partial charge in [0.25, 0.3) is 0 Å². The summed E-state index contributed by atoms with van der Waals surface area (Å²) in [4.78, 5) is 2.44. The van der Waals surface area contributed by atoms with E-state index in [1.165, 1.54) is 5.56 Å². The lowest BCUT2D eigenvalue weighted by atomic mass is 10.1. The maximum atomic E-state index is 6.31. The van der Waals surface area contributed by atoms with Crippen LogP contribution in [0.25, 0.3) is 0 Å². The Kier molecular flexibility index (Phi) is 6.13. The van der Waals surface area contributed by atoms with Crippen LogP contribution in [0.5, 0.6) is 5.75 Å². The Morgan fingerprint density at radius 2 is 1.88 bits per heavy atom. The average Bonchev–Trinajstić information content (AvgIpc) is 2.63. The molecule has 1 unspecified atom stereocenters. The minimum atomic E-state index is 0.0367. The number of rotatable bonds is 6. The van der Waals surface area contributed by atoms with Crippen molar-refractivity contribution < 1.29 is 9.47 Å². The summed E-state index contributed by atoms with van der Waals surface area (Å²) in [7, 11) is 0. The van der Waals surface area contributed by atoms with Crippen molar-refractivity contribution in [2.24, 2.45) is 0 Å². The molecule has 0 radical (unpaired) electrons. The molecule has 1 atom stereocenters. The van der Waals surface area contributed by atoms with Gasteiger partial charge in [-0.25, -0.2) is 0 Å². The molecule has 3 nitrogen and oxygen atoms in total. The van der Waals surface area contributed by atoms with E-state index in [4.69, 9.17) is 21.1 Å². The number of ether oxygens (including phenoxy) is 2. The van der Waals surface area contributed by atoms with E-state index < -0.39 is 0 Å². The molecule has 4 heteroatoms. The van der Waals surface area contributed by atoms with E-state index in [0.717, 1.165) is 55.6 Å². The smallest absolute Gasteiger partial charge is 0.125 e. The fraction of sp³-hybridized carbons (Fsp3) is 0.400. The first-order chi connectivity index (χ1) is 11.7. The summed E-state index contributed by atoms with van der Waals surface area (Å²) in [6.45, 7) is 6.67. The molecule has 1 heterocycles. The summed E-state index contributed by atoms with van der Waals surface area (Å²) in [5, 5.41) is 0.770. The van der Waals surface area contributed by atoms with E-state index in [9.17, 15) is 0 Å². The largest absolute Gasteiger partial charge is 0.486 e. The van der Waals surface area contributed by atoms with Gasteiger partial charge in [-0.15, -0.1) is 0 Å². The van der Waals surface area contributed by atoms with Crippen molar-refractivity contribution in [3.8, 4) is 5.75 Å². The van der Waals surface area contributed by atoms with Crippen molar-refractivity contribution in [1.82, 2.24) is 4.90 Å². The fourth-order valence-electron chi connectivity index (χ4n) is 2.94. The Morgan fingerprint density at radius 1 is 1.12 bits per heavy atom. The van der Waals surface area contributed by atoms with Crippen molar-refractivity contribution in [1.29, 1.82) is 0 Å². The van der Waals surface area contributed by atoms with Crippen molar-refractivity contribution in [2.75, 3.05) is 32.8 Å². The predicted octanol–water partition coefficient (Wildman–Crippen LogP) is 4.49. The Morgan fingerprint density at radius 3 is 2.58 bits per heavy atom. The fourth-order valence-corrected chi connectivity index (χ4v) is 3.06. The van der Waals surface area contributed by atoms with Gasteiger partial charge in [0.1, 0.15) is 11.9 Å². The maximum Gasteiger partial charge on any atom is 0.125 e. The Labute approximate surface area is 149 Å². The second-order valence-corrected chi connectivity index (χ2v) is 6.58. The highest BCUT2D eigenvalue weighted by Gasteiger charge is 2.17. The normalized spacial score (nSPS) is 16.8. The molecule has 1 aliphatic rings. The van der Waals surface area contributed by atoms with Gasteiger partial charge in [0, 0.05) is 31.1 Å². The van der Waals surface area contributed by atoms with Gasteiger partial charge in [-0.1, -0.05) is 41.9 Å². The predicted molar refractivity (Wildman–Crippen MR) is 97.9 cm³/mol. The minimum absolute atomic E-state index is 0.0367. The summed E-state index contributed by atoms with van der Waals surface area (Å²) < 4.78 is 11.7. The molecule has 0 bridgehead atoms. The van der Waals surface area contributed by atoms with Gasteiger partial charge in [0.15, 0.2) is 0 Å². The standard InChI is InChI=1S/C20H24ClNO2/c1-16-15-18(7-8-19(16)21)24-20(17-5-3-2-4-6-17)9-10-22-11-13-23-14-12-22/h2-8,15,20H,9-14H2,1H3. The highest BCUT2D eigenvalue weighted by Crippen LogP contribution is 2.28. The topological polar surface area (TPSA) is 21.7 Å².